The highest BCUT2D eigenvalue weighted by atomic mass is 32.2. The number of carbonyl (C=O) groups is 1. The van der Waals surface area contributed by atoms with Gasteiger partial charge in [0.1, 0.15) is 5.03 Å². The Morgan fingerprint density at radius 1 is 1.26 bits per heavy atom. The maximum atomic E-state index is 10.6. The summed E-state index contributed by atoms with van der Waals surface area (Å²) in [4.78, 5) is 15.9. The third kappa shape index (κ3) is 3.99. The van der Waals surface area contributed by atoms with Crippen molar-refractivity contribution < 1.29 is 14.6 Å². The number of carboxylic acids is 1. The van der Waals surface area contributed by atoms with E-state index in [1.807, 2.05) is 36.4 Å². The average molecular weight is 275 g/mol. The van der Waals surface area contributed by atoms with Gasteiger partial charge in [-0.3, -0.25) is 4.79 Å². The molecule has 0 amide bonds. The van der Waals surface area contributed by atoms with Gasteiger partial charge in [-0.05, 0) is 23.8 Å². The molecular weight excluding hydrogens is 262 g/mol. The number of methoxy groups -OCH3 is 1. The molecule has 0 spiro atoms. The van der Waals surface area contributed by atoms with E-state index in [1.54, 1.807) is 13.2 Å². The number of benzene rings is 1. The third-order valence-electron chi connectivity index (χ3n) is 2.41. The molecule has 19 heavy (non-hydrogen) atoms. The Labute approximate surface area is 115 Å². The molecule has 2 aromatic rings. The first-order chi connectivity index (χ1) is 9.17. The second-order valence-corrected chi connectivity index (χ2v) is 4.93. The number of aliphatic carboxylic acids is 1. The van der Waals surface area contributed by atoms with Crippen molar-refractivity contribution in [2.24, 2.45) is 0 Å². The van der Waals surface area contributed by atoms with Crippen LogP contribution in [0.3, 0.4) is 0 Å². The minimum Gasteiger partial charge on any atom is -0.481 e. The molecule has 1 heterocycles. The first kappa shape index (κ1) is 13.4. The van der Waals surface area contributed by atoms with Gasteiger partial charge in [0, 0.05) is 11.0 Å². The van der Waals surface area contributed by atoms with Crippen LogP contribution in [0.4, 0.5) is 0 Å². The molecule has 98 valence electrons. The van der Waals surface area contributed by atoms with Crippen molar-refractivity contribution in [1.29, 1.82) is 0 Å². The van der Waals surface area contributed by atoms with Crippen molar-refractivity contribution in [3.63, 3.8) is 0 Å². The minimum absolute atomic E-state index is 0.0440. The topological polar surface area (TPSA) is 59.4 Å². The summed E-state index contributed by atoms with van der Waals surface area (Å²) < 4.78 is 5.07. The van der Waals surface area contributed by atoms with Crippen molar-refractivity contribution in [3.8, 4) is 5.88 Å². The zero-order valence-corrected chi connectivity index (χ0v) is 11.2. The number of carboxylic acid groups (broad SMARTS) is 1. The Morgan fingerprint density at radius 2 is 2.00 bits per heavy atom. The summed E-state index contributed by atoms with van der Waals surface area (Å²) in [6.45, 7) is 0. The molecule has 0 radical (unpaired) electrons. The lowest BCUT2D eigenvalue weighted by Gasteiger charge is -2.04. The predicted molar refractivity (Wildman–Crippen MR) is 72.7 cm³/mol. The van der Waals surface area contributed by atoms with Crippen LogP contribution < -0.4 is 4.74 Å². The van der Waals surface area contributed by atoms with Gasteiger partial charge >= 0.3 is 5.97 Å². The van der Waals surface area contributed by atoms with Gasteiger partial charge in [-0.25, -0.2) is 4.98 Å². The summed E-state index contributed by atoms with van der Waals surface area (Å²) in [5, 5.41) is 9.54. The minimum atomic E-state index is -0.824. The highest BCUT2D eigenvalue weighted by Gasteiger charge is 2.03. The van der Waals surface area contributed by atoms with E-state index in [4.69, 9.17) is 9.84 Å². The standard InChI is InChI=1S/C14H13NO3S/c1-18-12-3-2-4-13(15-12)19-11-7-5-10(6-8-11)9-14(16)17/h2-8H,9H2,1H3,(H,16,17). The van der Waals surface area contributed by atoms with Gasteiger partial charge in [-0.1, -0.05) is 30.0 Å². The van der Waals surface area contributed by atoms with E-state index in [9.17, 15) is 4.79 Å². The van der Waals surface area contributed by atoms with Crippen molar-refractivity contribution in [1.82, 2.24) is 4.98 Å². The summed E-state index contributed by atoms with van der Waals surface area (Å²) in [6.07, 6.45) is 0.0440. The number of hydrogen-bond donors (Lipinski definition) is 1. The summed E-state index contributed by atoms with van der Waals surface area (Å²) in [5.74, 6) is -0.248. The fraction of sp³-hybridized carbons (Fsp3) is 0.143. The molecule has 0 saturated carbocycles. The zero-order chi connectivity index (χ0) is 13.7. The number of pyridine rings is 1. The van der Waals surface area contributed by atoms with E-state index in [1.165, 1.54) is 11.8 Å². The van der Waals surface area contributed by atoms with Crippen LogP contribution in [-0.4, -0.2) is 23.2 Å². The van der Waals surface area contributed by atoms with Crippen LogP contribution in [0.15, 0.2) is 52.4 Å². The van der Waals surface area contributed by atoms with Gasteiger partial charge in [0.15, 0.2) is 0 Å². The lowest BCUT2D eigenvalue weighted by Crippen LogP contribution is -1.99. The van der Waals surface area contributed by atoms with Gasteiger partial charge in [0.25, 0.3) is 0 Å². The van der Waals surface area contributed by atoms with Crippen molar-refractivity contribution >= 4 is 17.7 Å². The fourth-order valence-corrected chi connectivity index (χ4v) is 2.33. The van der Waals surface area contributed by atoms with Gasteiger partial charge in [0.05, 0.1) is 13.5 Å². The summed E-state index contributed by atoms with van der Waals surface area (Å²) in [6, 6.07) is 13.0. The van der Waals surface area contributed by atoms with Crippen molar-refractivity contribution in [2.45, 2.75) is 16.3 Å². The molecule has 0 aliphatic rings. The monoisotopic (exact) mass is 275 g/mol. The Morgan fingerprint density at radius 3 is 2.63 bits per heavy atom. The Balaban J connectivity index is 2.08. The molecule has 0 aliphatic carbocycles. The molecule has 5 heteroatoms. The molecule has 0 unspecified atom stereocenters. The predicted octanol–water partition coefficient (Wildman–Crippen LogP) is 2.87. The van der Waals surface area contributed by atoms with Crippen LogP contribution in [0.5, 0.6) is 5.88 Å². The first-order valence-electron chi connectivity index (χ1n) is 5.67. The number of aromatic nitrogens is 1. The van der Waals surface area contributed by atoms with Crippen LogP contribution in [0.1, 0.15) is 5.56 Å². The maximum Gasteiger partial charge on any atom is 0.307 e. The molecule has 2 rings (SSSR count). The lowest BCUT2D eigenvalue weighted by molar-refractivity contribution is -0.136. The summed E-state index contributed by atoms with van der Waals surface area (Å²) in [7, 11) is 1.58. The lowest BCUT2D eigenvalue weighted by atomic mass is 10.2. The quantitative estimate of drug-likeness (QED) is 0.909. The SMILES string of the molecule is COc1cccc(Sc2ccc(CC(=O)O)cc2)n1. The first-order valence-corrected chi connectivity index (χ1v) is 6.48. The van der Waals surface area contributed by atoms with E-state index < -0.39 is 5.97 Å². The Kier molecular flexibility index (Phi) is 4.41. The van der Waals surface area contributed by atoms with Crippen LogP contribution in [0, 0.1) is 0 Å². The van der Waals surface area contributed by atoms with Gasteiger partial charge in [-0.2, -0.15) is 0 Å². The van der Waals surface area contributed by atoms with Gasteiger partial charge < -0.3 is 9.84 Å². The molecule has 1 aromatic heterocycles. The van der Waals surface area contributed by atoms with Crippen LogP contribution in [0.25, 0.3) is 0 Å². The molecule has 4 nitrogen and oxygen atoms in total. The largest absolute Gasteiger partial charge is 0.481 e. The molecule has 0 aliphatic heterocycles. The van der Waals surface area contributed by atoms with E-state index in [0.717, 1.165) is 15.5 Å². The summed E-state index contributed by atoms with van der Waals surface area (Å²) >= 11 is 1.51. The van der Waals surface area contributed by atoms with Crippen LogP contribution in [-0.2, 0) is 11.2 Å². The van der Waals surface area contributed by atoms with E-state index >= 15 is 0 Å². The number of rotatable bonds is 5. The number of nitrogens with zero attached hydrogens (tertiary/aromatic N) is 1. The highest BCUT2D eigenvalue weighted by molar-refractivity contribution is 7.99. The van der Waals surface area contributed by atoms with Crippen LogP contribution >= 0.6 is 11.8 Å². The molecule has 1 aromatic carbocycles. The van der Waals surface area contributed by atoms with Gasteiger partial charge in [-0.15, -0.1) is 0 Å². The smallest absolute Gasteiger partial charge is 0.307 e. The van der Waals surface area contributed by atoms with Crippen molar-refractivity contribution in [2.75, 3.05) is 7.11 Å². The third-order valence-corrected chi connectivity index (χ3v) is 3.35. The molecule has 0 saturated heterocycles. The van der Waals surface area contributed by atoms with E-state index in [-0.39, 0.29) is 6.42 Å². The van der Waals surface area contributed by atoms with Gasteiger partial charge in [0.2, 0.25) is 5.88 Å². The fourth-order valence-electron chi connectivity index (χ4n) is 1.54. The highest BCUT2D eigenvalue weighted by Crippen LogP contribution is 2.27. The second-order valence-electron chi connectivity index (χ2n) is 3.83. The van der Waals surface area contributed by atoms with E-state index in [0.29, 0.717) is 5.88 Å². The molecular formula is C14H13NO3S. The molecule has 1 N–H and O–H groups in total. The number of ether oxygens (including phenoxy) is 1. The van der Waals surface area contributed by atoms with Crippen LogP contribution in [0.2, 0.25) is 0 Å². The molecule has 0 bridgehead atoms. The average Bonchev–Trinajstić information content (AvgIpc) is 2.41. The maximum absolute atomic E-state index is 10.6. The van der Waals surface area contributed by atoms with Crippen molar-refractivity contribution in [3.05, 3.63) is 48.0 Å². The zero-order valence-electron chi connectivity index (χ0n) is 10.4. The number of hydrogen-bond acceptors (Lipinski definition) is 4. The second kappa shape index (κ2) is 6.24. The summed E-state index contributed by atoms with van der Waals surface area (Å²) in [5.41, 5.74) is 0.787. The molecule has 0 fully saturated rings. The van der Waals surface area contributed by atoms with E-state index in [2.05, 4.69) is 4.98 Å². The Hall–Kier alpha value is -2.01. The molecule has 0 atom stereocenters. The Bertz CT molecular complexity index is 569. The normalized spacial score (nSPS) is 10.2.